The Hall–Kier alpha value is -1.47. The van der Waals surface area contributed by atoms with Crippen molar-refractivity contribution in [3.8, 4) is 0 Å². The number of allylic oxidation sites excluding steroid dienone is 4. The maximum absolute atomic E-state index is 12.6. The van der Waals surface area contributed by atoms with Gasteiger partial charge < -0.3 is 19.0 Å². The molecule has 1 aliphatic carbocycles. The van der Waals surface area contributed by atoms with Crippen LogP contribution in [0.2, 0.25) is 0 Å². The SMILES string of the molecule is COC(CC=C(C)C)C(C)(C)[C@@]1(C)[C@H](OC)C(NOC(=O)C/C(C)=C/CC=C(C)C)CC[C@]12CO2. The number of carbonyl (C=O) groups is 1. The van der Waals surface area contributed by atoms with Crippen LogP contribution >= 0.6 is 0 Å². The molecule has 35 heavy (non-hydrogen) atoms. The fourth-order valence-corrected chi connectivity index (χ4v) is 5.80. The zero-order chi connectivity index (χ0) is 26.4. The first-order valence-electron chi connectivity index (χ1n) is 12.9. The molecular weight excluding hydrogens is 442 g/mol. The van der Waals surface area contributed by atoms with E-state index in [1.807, 2.05) is 6.92 Å². The summed E-state index contributed by atoms with van der Waals surface area (Å²) in [5.74, 6) is -0.284. The highest BCUT2D eigenvalue weighted by atomic mass is 16.7. The lowest BCUT2D eigenvalue weighted by atomic mass is 9.50. The van der Waals surface area contributed by atoms with Gasteiger partial charge in [-0.2, -0.15) is 0 Å². The first-order chi connectivity index (χ1) is 16.3. The third-order valence-electron chi connectivity index (χ3n) is 8.39. The van der Waals surface area contributed by atoms with Crippen LogP contribution in [0.25, 0.3) is 0 Å². The van der Waals surface area contributed by atoms with Gasteiger partial charge in [-0.25, -0.2) is 0 Å². The van der Waals surface area contributed by atoms with Crippen molar-refractivity contribution in [2.45, 2.75) is 111 Å². The van der Waals surface area contributed by atoms with E-state index in [1.54, 1.807) is 14.2 Å². The molecule has 1 spiro atoms. The molecule has 5 atom stereocenters. The largest absolute Gasteiger partial charge is 0.381 e. The Kier molecular flexibility index (Phi) is 10.4. The second-order valence-corrected chi connectivity index (χ2v) is 11.6. The molecule has 0 amide bonds. The van der Waals surface area contributed by atoms with Crippen LogP contribution in [0.5, 0.6) is 0 Å². The van der Waals surface area contributed by atoms with Crippen LogP contribution in [-0.4, -0.2) is 50.6 Å². The Morgan fingerprint density at radius 2 is 1.74 bits per heavy atom. The average molecular weight is 492 g/mol. The highest BCUT2D eigenvalue weighted by molar-refractivity contribution is 5.72. The molecule has 0 radical (unpaired) electrons. The summed E-state index contributed by atoms with van der Waals surface area (Å²) in [5, 5.41) is 0. The van der Waals surface area contributed by atoms with Crippen LogP contribution in [0.4, 0.5) is 0 Å². The number of methoxy groups -OCH3 is 2. The summed E-state index contributed by atoms with van der Waals surface area (Å²) < 4.78 is 18.4. The summed E-state index contributed by atoms with van der Waals surface area (Å²) in [5.41, 5.74) is 5.71. The summed E-state index contributed by atoms with van der Waals surface area (Å²) in [6.45, 7) is 17.8. The highest BCUT2D eigenvalue weighted by Gasteiger charge is 2.72. The van der Waals surface area contributed by atoms with Gasteiger partial charge in [0.15, 0.2) is 0 Å². The van der Waals surface area contributed by atoms with Crippen LogP contribution < -0.4 is 5.48 Å². The first kappa shape index (κ1) is 29.8. The van der Waals surface area contributed by atoms with E-state index in [0.29, 0.717) is 6.61 Å². The minimum Gasteiger partial charge on any atom is -0.381 e. The highest BCUT2D eigenvalue weighted by Crippen LogP contribution is 2.64. The molecule has 0 aromatic heterocycles. The minimum absolute atomic E-state index is 0.0176. The summed E-state index contributed by atoms with van der Waals surface area (Å²) >= 11 is 0. The maximum atomic E-state index is 12.6. The zero-order valence-electron chi connectivity index (χ0n) is 23.7. The average Bonchev–Trinajstić information content (AvgIpc) is 3.55. The van der Waals surface area contributed by atoms with Crippen LogP contribution in [0.1, 0.15) is 87.5 Å². The van der Waals surface area contributed by atoms with Crippen LogP contribution in [0.3, 0.4) is 0 Å². The molecule has 1 aliphatic heterocycles. The standard InChI is InChI=1S/C29H49NO5/c1-20(2)12-11-13-22(5)18-25(31)35-30-23-16-17-29(19-34-29)28(8,26(23)33-10)27(6,7)24(32-9)15-14-21(3)4/h12-14,23-24,26,30H,11,15-19H2,1-10H3/b22-13+/t23?,24?,26-,28-,29+/m1/s1. The molecule has 2 aliphatic rings. The quantitative estimate of drug-likeness (QED) is 0.203. The third-order valence-corrected chi connectivity index (χ3v) is 8.39. The molecule has 2 fully saturated rings. The van der Waals surface area contributed by atoms with E-state index in [1.165, 1.54) is 11.1 Å². The Bertz CT molecular complexity index is 815. The molecule has 0 bridgehead atoms. The van der Waals surface area contributed by atoms with Gasteiger partial charge in [0.05, 0.1) is 31.3 Å². The molecule has 1 N–H and O–H groups in total. The summed E-state index contributed by atoms with van der Waals surface area (Å²) in [7, 11) is 3.52. The number of epoxide rings is 1. The van der Waals surface area contributed by atoms with Crippen molar-refractivity contribution in [3.05, 3.63) is 34.9 Å². The second kappa shape index (κ2) is 12.2. The monoisotopic (exact) mass is 491 g/mol. The lowest BCUT2D eigenvalue weighted by Gasteiger charge is -2.58. The topological polar surface area (TPSA) is 69.3 Å². The van der Waals surface area contributed by atoms with Crippen molar-refractivity contribution >= 4 is 5.97 Å². The Morgan fingerprint density at radius 3 is 2.26 bits per heavy atom. The van der Waals surface area contributed by atoms with E-state index >= 15 is 0 Å². The normalized spacial score (nSPS) is 29.5. The van der Waals surface area contributed by atoms with Gasteiger partial charge in [0.1, 0.15) is 5.60 Å². The Morgan fingerprint density at radius 1 is 1.11 bits per heavy atom. The van der Waals surface area contributed by atoms with Gasteiger partial charge in [0.25, 0.3) is 0 Å². The van der Waals surface area contributed by atoms with E-state index in [-0.39, 0.29) is 47.1 Å². The van der Waals surface area contributed by atoms with Gasteiger partial charge in [0.2, 0.25) is 0 Å². The van der Waals surface area contributed by atoms with Crippen molar-refractivity contribution in [2.75, 3.05) is 20.8 Å². The van der Waals surface area contributed by atoms with Crippen molar-refractivity contribution < 1.29 is 23.8 Å². The molecule has 2 rings (SSSR count). The van der Waals surface area contributed by atoms with E-state index in [2.05, 4.69) is 72.2 Å². The lowest BCUT2D eigenvalue weighted by molar-refractivity contribution is -0.204. The van der Waals surface area contributed by atoms with Gasteiger partial charge in [-0.3, -0.25) is 4.79 Å². The summed E-state index contributed by atoms with van der Waals surface area (Å²) in [6, 6.07) is -0.140. The van der Waals surface area contributed by atoms with Gasteiger partial charge in [-0.05, 0) is 60.3 Å². The number of ether oxygens (including phenoxy) is 3. The van der Waals surface area contributed by atoms with Crippen molar-refractivity contribution in [1.29, 1.82) is 0 Å². The predicted molar refractivity (Wildman–Crippen MR) is 141 cm³/mol. The fraction of sp³-hybridized carbons (Fsp3) is 0.759. The number of carbonyl (C=O) groups excluding carboxylic acids is 1. The Balaban J connectivity index is 2.18. The molecule has 6 heteroatoms. The second-order valence-electron chi connectivity index (χ2n) is 11.6. The minimum atomic E-state index is -0.368. The zero-order valence-corrected chi connectivity index (χ0v) is 23.7. The third kappa shape index (κ3) is 6.65. The van der Waals surface area contributed by atoms with E-state index in [9.17, 15) is 4.79 Å². The van der Waals surface area contributed by atoms with Gasteiger partial charge in [-0.1, -0.05) is 55.7 Å². The van der Waals surface area contributed by atoms with E-state index in [0.717, 1.165) is 31.3 Å². The lowest BCUT2D eigenvalue weighted by Crippen LogP contribution is -2.67. The molecule has 6 nitrogen and oxygen atoms in total. The van der Waals surface area contributed by atoms with E-state index in [4.69, 9.17) is 19.0 Å². The Labute approximate surface area is 213 Å². The van der Waals surface area contributed by atoms with Crippen molar-refractivity contribution in [1.82, 2.24) is 5.48 Å². The van der Waals surface area contributed by atoms with Crippen molar-refractivity contribution in [2.24, 2.45) is 10.8 Å². The summed E-state index contributed by atoms with van der Waals surface area (Å²) in [4.78, 5) is 18.1. The molecule has 200 valence electrons. The van der Waals surface area contributed by atoms with Crippen LogP contribution in [0, 0.1) is 10.8 Å². The molecule has 1 saturated heterocycles. The molecule has 0 aromatic carbocycles. The number of hydroxylamine groups is 1. The van der Waals surface area contributed by atoms with E-state index < -0.39 is 0 Å². The van der Waals surface area contributed by atoms with Gasteiger partial charge in [0, 0.05) is 25.0 Å². The van der Waals surface area contributed by atoms with Crippen LogP contribution in [0.15, 0.2) is 34.9 Å². The summed E-state index contributed by atoms with van der Waals surface area (Å²) in [6.07, 6.45) is 9.79. The number of hydrogen-bond donors (Lipinski definition) is 1. The molecule has 1 heterocycles. The maximum Gasteiger partial charge on any atom is 0.328 e. The van der Waals surface area contributed by atoms with Gasteiger partial charge in [-0.15, -0.1) is 5.48 Å². The molecule has 2 unspecified atom stereocenters. The number of rotatable bonds is 12. The van der Waals surface area contributed by atoms with Crippen molar-refractivity contribution in [3.63, 3.8) is 0 Å². The molecular formula is C29H49NO5. The number of nitrogens with one attached hydrogen (secondary N) is 1. The smallest absolute Gasteiger partial charge is 0.328 e. The molecule has 0 aromatic rings. The van der Waals surface area contributed by atoms with Crippen LogP contribution in [-0.2, 0) is 23.8 Å². The predicted octanol–water partition coefficient (Wildman–Crippen LogP) is 6.08. The molecule has 1 saturated carbocycles. The fourth-order valence-electron chi connectivity index (χ4n) is 5.80. The first-order valence-corrected chi connectivity index (χ1v) is 12.9. The van der Waals surface area contributed by atoms with Gasteiger partial charge >= 0.3 is 5.97 Å². The number of hydrogen-bond acceptors (Lipinski definition) is 6.